The highest BCUT2D eigenvalue weighted by molar-refractivity contribution is 9.10. The van der Waals surface area contributed by atoms with E-state index in [1.807, 2.05) is 0 Å². The first-order valence-electron chi connectivity index (χ1n) is 9.08. The summed E-state index contributed by atoms with van der Waals surface area (Å²) in [5.41, 5.74) is 5.03. The van der Waals surface area contributed by atoms with Gasteiger partial charge in [-0.1, -0.05) is 103 Å². The Balaban J connectivity index is 1.78. The first-order chi connectivity index (χ1) is 13.3. The van der Waals surface area contributed by atoms with E-state index in [0.29, 0.717) is 0 Å². The monoisotopic (exact) mass is 408 g/mol. The Morgan fingerprint density at radius 1 is 0.370 bits per heavy atom. The largest absolute Gasteiger partial charge is 0.0622 e. The summed E-state index contributed by atoms with van der Waals surface area (Å²) < 4.78 is 1.17. The summed E-state index contributed by atoms with van der Waals surface area (Å²) in [4.78, 5) is 0. The van der Waals surface area contributed by atoms with E-state index in [4.69, 9.17) is 0 Å². The van der Waals surface area contributed by atoms with E-state index in [-0.39, 0.29) is 0 Å². The molecule has 0 saturated carbocycles. The van der Waals surface area contributed by atoms with Crippen LogP contribution < -0.4 is 0 Å². The smallest absolute Gasteiger partial charge is 0.0332 e. The van der Waals surface area contributed by atoms with Crippen molar-refractivity contribution < 1.29 is 0 Å². The van der Waals surface area contributed by atoms with Crippen molar-refractivity contribution in [1.82, 2.24) is 0 Å². The maximum absolute atomic E-state index is 3.83. The van der Waals surface area contributed by atoms with Crippen LogP contribution in [0.4, 0.5) is 0 Å². The van der Waals surface area contributed by atoms with Gasteiger partial charge in [0.25, 0.3) is 0 Å². The van der Waals surface area contributed by atoms with Gasteiger partial charge in [0.2, 0.25) is 0 Å². The van der Waals surface area contributed by atoms with Crippen LogP contribution in [0.15, 0.2) is 108 Å². The van der Waals surface area contributed by atoms with Crippen LogP contribution in [0.2, 0.25) is 0 Å². The lowest BCUT2D eigenvalue weighted by Gasteiger charge is -2.14. The summed E-state index contributed by atoms with van der Waals surface area (Å²) in [6.07, 6.45) is 0. The van der Waals surface area contributed by atoms with Crippen molar-refractivity contribution in [3.63, 3.8) is 0 Å². The van der Waals surface area contributed by atoms with Gasteiger partial charge in [0.05, 0.1) is 0 Å². The Morgan fingerprint density at radius 3 is 1.33 bits per heavy atom. The Hall–Kier alpha value is -2.90. The summed E-state index contributed by atoms with van der Waals surface area (Å²) in [6, 6.07) is 36.7. The average molecular weight is 409 g/mol. The molecule has 0 heterocycles. The molecule has 1 heteroatoms. The lowest BCUT2D eigenvalue weighted by molar-refractivity contribution is 1.61. The van der Waals surface area contributed by atoms with Gasteiger partial charge in [0.15, 0.2) is 0 Å². The van der Waals surface area contributed by atoms with E-state index >= 15 is 0 Å². The van der Waals surface area contributed by atoms with Gasteiger partial charge in [0, 0.05) is 4.47 Å². The van der Waals surface area contributed by atoms with Gasteiger partial charge >= 0.3 is 0 Å². The molecule has 5 aromatic carbocycles. The molecule has 5 rings (SSSR count). The second kappa shape index (κ2) is 6.68. The van der Waals surface area contributed by atoms with Crippen molar-refractivity contribution in [2.45, 2.75) is 0 Å². The molecule has 0 aromatic heterocycles. The molecule has 0 amide bonds. The van der Waals surface area contributed by atoms with E-state index in [9.17, 15) is 0 Å². The second-order valence-electron chi connectivity index (χ2n) is 6.72. The van der Waals surface area contributed by atoms with E-state index in [1.165, 1.54) is 48.3 Å². The van der Waals surface area contributed by atoms with Crippen LogP contribution in [0.3, 0.4) is 0 Å². The summed E-state index contributed by atoms with van der Waals surface area (Å²) in [6.45, 7) is 0. The predicted octanol–water partition coefficient (Wildman–Crippen LogP) is 8.09. The number of benzene rings is 5. The van der Waals surface area contributed by atoms with Crippen molar-refractivity contribution in [3.05, 3.63) is 108 Å². The summed E-state index contributed by atoms with van der Waals surface area (Å²) in [7, 11) is 0. The first-order valence-corrected chi connectivity index (χ1v) is 9.87. The molecule has 0 nitrogen and oxygen atoms in total. The van der Waals surface area contributed by atoms with E-state index in [0.717, 1.165) is 0 Å². The van der Waals surface area contributed by atoms with Gasteiger partial charge in [-0.3, -0.25) is 0 Å². The minimum Gasteiger partial charge on any atom is -0.0622 e. The van der Waals surface area contributed by atoms with Crippen molar-refractivity contribution in [1.29, 1.82) is 0 Å². The summed E-state index contributed by atoms with van der Waals surface area (Å²) in [5.74, 6) is 0. The van der Waals surface area contributed by atoms with Crippen LogP contribution in [-0.2, 0) is 0 Å². The second-order valence-corrected chi connectivity index (χ2v) is 7.52. The number of fused-ring (bicyclic) bond motifs is 2. The minimum atomic E-state index is 1.17. The van der Waals surface area contributed by atoms with Crippen LogP contribution in [0, 0.1) is 0 Å². The average Bonchev–Trinajstić information content (AvgIpc) is 2.75. The molecule has 0 saturated heterocycles. The third-order valence-corrected chi connectivity index (χ3v) is 6.00. The molecular weight excluding hydrogens is 392 g/mol. The fraction of sp³-hybridized carbons (Fsp3) is 0. The van der Waals surface area contributed by atoms with E-state index < -0.39 is 0 Å². The normalized spacial score (nSPS) is 11.1. The van der Waals surface area contributed by atoms with Gasteiger partial charge in [-0.15, -0.1) is 0 Å². The van der Waals surface area contributed by atoms with Crippen LogP contribution in [-0.4, -0.2) is 0 Å². The molecule has 0 unspecified atom stereocenters. The minimum absolute atomic E-state index is 1.17. The SMILES string of the molecule is Brc1c2ccccc2c(-c2ccc(-c3ccccc3)cc2)c2ccccc12. The van der Waals surface area contributed by atoms with Gasteiger partial charge in [-0.05, 0) is 59.7 Å². The van der Waals surface area contributed by atoms with Gasteiger partial charge in [-0.25, -0.2) is 0 Å². The fourth-order valence-corrected chi connectivity index (χ4v) is 4.54. The molecule has 0 atom stereocenters. The summed E-state index contributed by atoms with van der Waals surface area (Å²) in [5, 5.41) is 5.04. The Kier molecular flexibility index (Phi) is 4.03. The van der Waals surface area contributed by atoms with Gasteiger partial charge in [0.1, 0.15) is 0 Å². The number of hydrogen-bond donors (Lipinski definition) is 0. The zero-order chi connectivity index (χ0) is 18.2. The maximum atomic E-state index is 3.83. The zero-order valence-corrected chi connectivity index (χ0v) is 16.3. The lowest BCUT2D eigenvalue weighted by atomic mass is 9.91. The highest BCUT2D eigenvalue weighted by atomic mass is 79.9. The number of hydrogen-bond acceptors (Lipinski definition) is 0. The molecule has 0 N–H and O–H groups in total. The third kappa shape index (κ3) is 2.75. The highest BCUT2D eigenvalue weighted by Crippen LogP contribution is 2.41. The number of rotatable bonds is 2. The van der Waals surface area contributed by atoms with Gasteiger partial charge in [-0.2, -0.15) is 0 Å². The van der Waals surface area contributed by atoms with E-state index in [1.54, 1.807) is 0 Å². The van der Waals surface area contributed by atoms with Gasteiger partial charge < -0.3 is 0 Å². The third-order valence-electron chi connectivity index (χ3n) is 5.15. The molecular formula is C26H17Br. The fourth-order valence-electron chi connectivity index (χ4n) is 3.85. The molecule has 5 aromatic rings. The van der Waals surface area contributed by atoms with E-state index in [2.05, 4.69) is 119 Å². The van der Waals surface area contributed by atoms with Crippen molar-refractivity contribution in [2.24, 2.45) is 0 Å². The van der Waals surface area contributed by atoms with Crippen LogP contribution >= 0.6 is 15.9 Å². The molecule has 128 valence electrons. The van der Waals surface area contributed by atoms with Crippen molar-refractivity contribution >= 4 is 37.5 Å². The van der Waals surface area contributed by atoms with Crippen molar-refractivity contribution in [2.75, 3.05) is 0 Å². The Labute approximate surface area is 167 Å². The standard InChI is InChI=1S/C26H17Br/c27-26-23-12-6-4-10-21(23)25(22-11-5-7-13-24(22)26)20-16-14-19(15-17-20)18-8-2-1-3-9-18/h1-17H. The molecule has 0 bridgehead atoms. The Morgan fingerprint density at radius 2 is 0.778 bits per heavy atom. The summed E-state index contributed by atoms with van der Waals surface area (Å²) >= 11 is 3.83. The van der Waals surface area contributed by atoms with Crippen LogP contribution in [0.1, 0.15) is 0 Å². The van der Waals surface area contributed by atoms with Crippen LogP contribution in [0.5, 0.6) is 0 Å². The molecule has 0 aliphatic carbocycles. The Bertz CT molecular complexity index is 1200. The van der Waals surface area contributed by atoms with Crippen LogP contribution in [0.25, 0.3) is 43.8 Å². The number of halogens is 1. The molecule has 0 aliphatic rings. The molecule has 0 radical (unpaired) electrons. The molecule has 27 heavy (non-hydrogen) atoms. The lowest BCUT2D eigenvalue weighted by Crippen LogP contribution is -1.87. The molecule has 0 aliphatic heterocycles. The predicted molar refractivity (Wildman–Crippen MR) is 120 cm³/mol. The topological polar surface area (TPSA) is 0 Å². The quantitative estimate of drug-likeness (QED) is 0.259. The maximum Gasteiger partial charge on any atom is 0.0332 e. The molecule has 0 fully saturated rings. The van der Waals surface area contributed by atoms with Crippen molar-refractivity contribution in [3.8, 4) is 22.3 Å². The highest BCUT2D eigenvalue weighted by Gasteiger charge is 2.13. The zero-order valence-electron chi connectivity index (χ0n) is 14.7. The molecule has 0 spiro atoms. The first kappa shape index (κ1) is 16.3.